The number of phenolic OH excluding ortho intramolecular Hbond substituents is 2. The summed E-state index contributed by atoms with van der Waals surface area (Å²) in [4.78, 5) is 2.47. The van der Waals surface area contributed by atoms with Gasteiger partial charge in [0.25, 0.3) is 0 Å². The molecule has 0 amide bonds. The van der Waals surface area contributed by atoms with Crippen LogP contribution in [0.25, 0.3) is 28.2 Å². The topological polar surface area (TPSA) is 70.8 Å². The third-order valence-corrected chi connectivity index (χ3v) is 6.61. The van der Waals surface area contributed by atoms with Gasteiger partial charge in [0, 0.05) is 23.2 Å². The van der Waals surface area contributed by atoms with Gasteiger partial charge in [-0.25, -0.2) is 4.68 Å². The van der Waals surface area contributed by atoms with Gasteiger partial charge in [0.1, 0.15) is 23.9 Å². The molecule has 0 unspecified atom stereocenters. The first kappa shape index (κ1) is 25.6. The summed E-state index contributed by atoms with van der Waals surface area (Å²) in [5, 5.41) is 24.4. The van der Waals surface area contributed by atoms with E-state index in [9.17, 15) is 10.2 Å². The molecule has 1 fully saturated rings. The van der Waals surface area contributed by atoms with E-state index >= 15 is 0 Å². The van der Waals surface area contributed by atoms with Crippen LogP contribution < -0.4 is 4.74 Å². The first-order valence-corrected chi connectivity index (χ1v) is 12.2. The van der Waals surface area contributed by atoms with E-state index in [2.05, 4.69) is 24.0 Å². The first-order chi connectivity index (χ1) is 17.1. The standard InChI is InChI=1S/C29H31N3O3.ClH/c1-21-28(22-5-11-25(33)12-6-22)30-32(24-9-13-26(34)14-10-24)29(21)23-7-15-27(16-8-23)35-20-19-31-17-3-2-4-18-31;/h5-16,33-34H,2-4,17-20H2,1H3;1H. The fraction of sp³-hybridized carbons (Fsp3) is 0.276. The van der Waals surface area contributed by atoms with E-state index in [0.29, 0.717) is 6.61 Å². The number of rotatable bonds is 7. The lowest BCUT2D eigenvalue weighted by Crippen LogP contribution is -2.33. The third kappa shape index (κ3) is 5.66. The molecule has 1 aromatic heterocycles. The number of aromatic hydroxyl groups is 2. The zero-order valence-corrected chi connectivity index (χ0v) is 21.2. The zero-order chi connectivity index (χ0) is 24.2. The first-order valence-electron chi connectivity index (χ1n) is 12.2. The molecule has 5 rings (SSSR count). The van der Waals surface area contributed by atoms with Gasteiger partial charge in [0.15, 0.2) is 0 Å². The molecule has 0 radical (unpaired) electrons. The monoisotopic (exact) mass is 505 g/mol. The van der Waals surface area contributed by atoms with Crippen molar-refractivity contribution in [3.05, 3.63) is 78.4 Å². The number of halogens is 1. The summed E-state index contributed by atoms with van der Waals surface area (Å²) in [5.41, 5.74) is 5.65. The molecule has 7 heteroatoms. The minimum Gasteiger partial charge on any atom is -0.508 e. The van der Waals surface area contributed by atoms with E-state index in [-0.39, 0.29) is 23.9 Å². The Labute approximate surface area is 218 Å². The molecule has 188 valence electrons. The third-order valence-electron chi connectivity index (χ3n) is 6.61. The maximum Gasteiger partial charge on any atom is 0.119 e. The Hall–Kier alpha value is -3.48. The van der Waals surface area contributed by atoms with E-state index in [4.69, 9.17) is 9.84 Å². The van der Waals surface area contributed by atoms with Crippen LogP contribution in [0.2, 0.25) is 0 Å². The van der Waals surface area contributed by atoms with Crippen molar-refractivity contribution in [1.29, 1.82) is 0 Å². The number of nitrogens with zero attached hydrogens (tertiary/aromatic N) is 3. The van der Waals surface area contributed by atoms with Crippen LogP contribution in [-0.4, -0.2) is 51.1 Å². The van der Waals surface area contributed by atoms with Crippen LogP contribution in [0.4, 0.5) is 0 Å². The number of hydrogen-bond acceptors (Lipinski definition) is 5. The highest BCUT2D eigenvalue weighted by atomic mass is 35.5. The van der Waals surface area contributed by atoms with Gasteiger partial charge in [-0.2, -0.15) is 5.10 Å². The van der Waals surface area contributed by atoms with Crippen LogP contribution in [0.5, 0.6) is 17.2 Å². The van der Waals surface area contributed by atoms with Crippen molar-refractivity contribution in [2.45, 2.75) is 26.2 Å². The van der Waals surface area contributed by atoms with Crippen LogP contribution in [0.3, 0.4) is 0 Å². The summed E-state index contributed by atoms with van der Waals surface area (Å²) >= 11 is 0. The molecule has 3 aromatic carbocycles. The molecule has 4 aromatic rings. The lowest BCUT2D eigenvalue weighted by Gasteiger charge is -2.26. The Balaban J connectivity index is 0.00000304. The molecule has 0 atom stereocenters. The SMILES string of the molecule is Cc1c(-c2ccc(O)cc2)nn(-c2ccc(O)cc2)c1-c1ccc(OCCN2CCCCC2)cc1.Cl. The zero-order valence-electron chi connectivity index (χ0n) is 20.4. The van der Waals surface area contributed by atoms with Crippen molar-refractivity contribution >= 4 is 12.4 Å². The molecule has 0 spiro atoms. The number of aromatic nitrogens is 2. The molecule has 2 heterocycles. The Bertz CT molecular complexity index is 1260. The van der Waals surface area contributed by atoms with Crippen molar-refractivity contribution in [1.82, 2.24) is 14.7 Å². The average Bonchev–Trinajstić information content (AvgIpc) is 3.23. The fourth-order valence-electron chi connectivity index (χ4n) is 4.69. The molecule has 0 aliphatic carbocycles. The van der Waals surface area contributed by atoms with Gasteiger partial charge >= 0.3 is 0 Å². The van der Waals surface area contributed by atoms with Gasteiger partial charge < -0.3 is 14.9 Å². The van der Waals surface area contributed by atoms with Crippen LogP contribution >= 0.6 is 12.4 Å². The molecule has 1 aliphatic rings. The Morgan fingerprint density at radius 3 is 2.00 bits per heavy atom. The second-order valence-electron chi connectivity index (χ2n) is 9.07. The number of ether oxygens (including phenoxy) is 1. The summed E-state index contributed by atoms with van der Waals surface area (Å²) in [6.07, 6.45) is 3.91. The molecule has 2 N–H and O–H groups in total. The smallest absolute Gasteiger partial charge is 0.119 e. The largest absolute Gasteiger partial charge is 0.508 e. The normalized spacial score (nSPS) is 13.8. The minimum absolute atomic E-state index is 0. The van der Waals surface area contributed by atoms with Gasteiger partial charge in [0.2, 0.25) is 0 Å². The van der Waals surface area contributed by atoms with Crippen LogP contribution in [-0.2, 0) is 0 Å². The van der Waals surface area contributed by atoms with Crippen LogP contribution in [0.15, 0.2) is 72.8 Å². The maximum absolute atomic E-state index is 9.77. The number of hydrogen-bond donors (Lipinski definition) is 2. The number of likely N-dealkylation sites (tertiary alicyclic amines) is 1. The Morgan fingerprint density at radius 2 is 1.36 bits per heavy atom. The van der Waals surface area contributed by atoms with Gasteiger partial charge in [-0.1, -0.05) is 6.42 Å². The second-order valence-corrected chi connectivity index (χ2v) is 9.07. The van der Waals surface area contributed by atoms with Crippen LogP contribution in [0.1, 0.15) is 24.8 Å². The molecule has 0 saturated carbocycles. The fourth-order valence-corrected chi connectivity index (χ4v) is 4.69. The summed E-state index contributed by atoms with van der Waals surface area (Å²) < 4.78 is 7.93. The highest BCUT2D eigenvalue weighted by Crippen LogP contribution is 2.35. The van der Waals surface area contributed by atoms with Crippen LogP contribution in [0, 0.1) is 6.92 Å². The van der Waals surface area contributed by atoms with Crippen molar-refractivity contribution in [3.8, 4) is 45.5 Å². The predicted octanol–water partition coefficient (Wildman–Crippen LogP) is 6.21. The Kier molecular flexibility index (Phi) is 8.18. The number of benzene rings is 3. The summed E-state index contributed by atoms with van der Waals surface area (Å²) in [6, 6.07) is 22.3. The molecule has 1 aliphatic heterocycles. The van der Waals surface area contributed by atoms with Gasteiger partial charge in [-0.15, -0.1) is 12.4 Å². The van der Waals surface area contributed by atoms with Crippen molar-refractivity contribution < 1.29 is 14.9 Å². The Morgan fingerprint density at radius 1 is 0.778 bits per heavy atom. The second kappa shape index (κ2) is 11.5. The van der Waals surface area contributed by atoms with E-state index in [1.54, 1.807) is 24.3 Å². The minimum atomic E-state index is 0. The summed E-state index contributed by atoms with van der Waals surface area (Å²) in [6.45, 7) is 6.06. The van der Waals surface area contributed by atoms with Crippen molar-refractivity contribution in [3.63, 3.8) is 0 Å². The maximum atomic E-state index is 9.77. The lowest BCUT2D eigenvalue weighted by atomic mass is 10.0. The molecule has 0 bridgehead atoms. The average molecular weight is 506 g/mol. The van der Waals surface area contributed by atoms with Gasteiger partial charge in [0.05, 0.1) is 17.1 Å². The molecular weight excluding hydrogens is 474 g/mol. The summed E-state index contributed by atoms with van der Waals surface area (Å²) in [5.74, 6) is 1.29. The lowest BCUT2D eigenvalue weighted by molar-refractivity contribution is 0.183. The molecule has 36 heavy (non-hydrogen) atoms. The van der Waals surface area contributed by atoms with E-state index in [1.165, 1.54) is 32.4 Å². The molecule has 6 nitrogen and oxygen atoms in total. The summed E-state index contributed by atoms with van der Waals surface area (Å²) in [7, 11) is 0. The molecular formula is C29H32ClN3O3. The number of piperidine rings is 1. The van der Waals surface area contributed by atoms with Crippen molar-refractivity contribution in [2.24, 2.45) is 0 Å². The van der Waals surface area contributed by atoms with Crippen molar-refractivity contribution in [2.75, 3.05) is 26.2 Å². The molecule has 1 saturated heterocycles. The van der Waals surface area contributed by atoms with Gasteiger partial charge in [-0.3, -0.25) is 4.90 Å². The van der Waals surface area contributed by atoms with E-state index in [1.807, 2.05) is 41.1 Å². The van der Waals surface area contributed by atoms with Gasteiger partial charge in [-0.05, 0) is 106 Å². The highest BCUT2D eigenvalue weighted by molar-refractivity contribution is 5.85. The number of phenols is 2. The highest BCUT2D eigenvalue weighted by Gasteiger charge is 2.19. The predicted molar refractivity (Wildman–Crippen MR) is 146 cm³/mol. The quantitative estimate of drug-likeness (QED) is 0.312. The van der Waals surface area contributed by atoms with E-state index in [0.717, 1.165) is 46.1 Å². The van der Waals surface area contributed by atoms with E-state index < -0.39 is 0 Å².